The molecule has 0 amide bonds. The zero-order valence-corrected chi connectivity index (χ0v) is 11.6. The fraction of sp³-hybridized carbons (Fsp3) is 0. The van der Waals surface area contributed by atoms with E-state index < -0.39 is 0 Å². The fourth-order valence-corrected chi connectivity index (χ4v) is 2.45. The summed E-state index contributed by atoms with van der Waals surface area (Å²) >= 11 is 0. The highest BCUT2D eigenvalue weighted by molar-refractivity contribution is 5.81. The van der Waals surface area contributed by atoms with Crippen LogP contribution in [-0.4, -0.2) is 20.4 Å². The molecular weight excluding hydrogens is 280 g/mol. The van der Waals surface area contributed by atoms with Gasteiger partial charge in [0.15, 0.2) is 0 Å². The highest BCUT2D eigenvalue weighted by atomic mass is 16.3. The van der Waals surface area contributed by atoms with Crippen LogP contribution in [0.25, 0.3) is 22.3 Å². The molecule has 0 aliphatic heterocycles. The Morgan fingerprint density at radius 3 is 0.955 bits per heavy atom. The number of aromatic hydroxyl groups is 4. The minimum atomic E-state index is -0.0156. The number of benzene rings is 3. The number of hydrogen-bond donors (Lipinski definition) is 4. The summed E-state index contributed by atoms with van der Waals surface area (Å²) in [7, 11) is 0. The lowest BCUT2D eigenvalue weighted by Crippen LogP contribution is -1.84. The van der Waals surface area contributed by atoms with Gasteiger partial charge in [-0.3, -0.25) is 0 Å². The Bertz CT molecular complexity index is 712. The van der Waals surface area contributed by atoms with Gasteiger partial charge in [0.05, 0.1) is 11.1 Å². The largest absolute Gasteiger partial charge is 0.507 e. The first-order valence-corrected chi connectivity index (χ1v) is 6.70. The summed E-state index contributed by atoms with van der Waals surface area (Å²) in [4.78, 5) is 0. The molecule has 0 atom stereocenters. The zero-order chi connectivity index (χ0) is 15.7. The van der Waals surface area contributed by atoms with Crippen LogP contribution in [0.1, 0.15) is 0 Å². The summed E-state index contributed by atoms with van der Waals surface area (Å²) in [6.45, 7) is 0. The molecule has 0 spiro atoms. The van der Waals surface area contributed by atoms with E-state index in [0.717, 1.165) is 0 Å². The van der Waals surface area contributed by atoms with Crippen LogP contribution in [0.3, 0.4) is 0 Å². The van der Waals surface area contributed by atoms with Crippen molar-refractivity contribution in [1.29, 1.82) is 0 Å². The summed E-state index contributed by atoms with van der Waals surface area (Å²) in [5.74, 6) is -0.0624. The van der Waals surface area contributed by atoms with Crippen LogP contribution in [0.15, 0.2) is 60.7 Å². The van der Waals surface area contributed by atoms with Gasteiger partial charge in [-0.1, -0.05) is 36.4 Å². The Labute approximate surface area is 127 Å². The van der Waals surface area contributed by atoms with E-state index in [1.807, 2.05) is 0 Å². The predicted octanol–water partition coefficient (Wildman–Crippen LogP) is 3.84. The average Bonchev–Trinajstić information content (AvgIpc) is 2.48. The Balaban J connectivity index is 2.08. The van der Waals surface area contributed by atoms with Crippen molar-refractivity contribution < 1.29 is 20.4 Å². The molecule has 0 saturated heterocycles. The molecule has 0 aliphatic rings. The summed E-state index contributed by atoms with van der Waals surface area (Å²) in [5, 5.41) is 39.5. The lowest BCUT2D eigenvalue weighted by molar-refractivity contribution is 0.453. The van der Waals surface area contributed by atoms with Gasteiger partial charge in [0.25, 0.3) is 0 Å². The predicted molar refractivity (Wildman–Crippen MR) is 84.0 cm³/mol. The number of phenolic OH excluding ortho intramolecular Hbond substituents is 4. The van der Waals surface area contributed by atoms with Gasteiger partial charge in [0.2, 0.25) is 0 Å². The third kappa shape index (κ3) is 2.31. The SMILES string of the molecule is Oc1cccc(O)c1-c1ccc(-c2c(O)cccc2O)cc1. The number of phenols is 4. The second-order valence-electron chi connectivity index (χ2n) is 4.92. The van der Waals surface area contributed by atoms with Gasteiger partial charge in [0.1, 0.15) is 23.0 Å². The van der Waals surface area contributed by atoms with E-state index in [1.54, 1.807) is 36.4 Å². The number of hydrogen-bond acceptors (Lipinski definition) is 4. The smallest absolute Gasteiger partial charge is 0.127 e. The Morgan fingerprint density at radius 1 is 0.409 bits per heavy atom. The van der Waals surface area contributed by atoms with Crippen molar-refractivity contribution in [2.24, 2.45) is 0 Å². The molecule has 3 aromatic rings. The monoisotopic (exact) mass is 294 g/mol. The van der Waals surface area contributed by atoms with Crippen molar-refractivity contribution >= 4 is 0 Å². The Hall–Kier alpha value is -3.14. The minimum absolute atomic E-state index is 0.0156. The molecule has 4 N–H and O–H groups in total. The van der Waals surface area contributed by atoms with Crippen molar-refractivity contribution in [2.45, 2.75) is 0 Å². The van der Waals surface area contributed by atoms with Gasteiger partial charge in [-0.15, -0.1) is 0 Å². The van der Waals surface area contributed by atoms with E-state index in [4.69, 9.17) is 0 Å². The van der Waals surface area contributed by atoms with Crippen molar-refractivity contribution in [3.63, 3.8) is 0 Å². The van der Waals surface area contributed by atoms with E-state index in [1.165, 1.54) is 24.3 Å². The van der Waals surface area contributed by atoms with Crippen LogP contribution in [0, 0.1) is 0 Å². The highest BCUT2D eigenvalue weighted by Gasteiger charge is 2.12. The third-order valence-corrected chi connectivity index (χ3v) is 3.50. The molecule has 0 radical (unpaired) electrons. The van der Waals surface area contributed by atoms with Gasteiger partial charge in [0, 0.05) is 0 Å². The van der Waals surface area contributed by atoms with Crippen LogP contribution in [0.2, 0.25) is 0 Å². The summed E-state index contributed by atoms with van der Waals surface area (Å²) in [6.07, 6.45) is 0. The molecule has 0 saturated carbocycles. The van der Waals surface area contributed by atoms with E-state index in [9.17, 15) is 20.4 Å². The van der Waals surface area contributed by atoms with Gasteiger partial charge in [-0.25, -0.2) is 0 Å². The quantitative estimate of drug-likeness (QED) is 0.579. The molecule has 0 aliphatic carbocycles. The van der Waals surface area contributed by atoms with Gasteiger partial charge in [-0.2, -0.15) is 0 Å². The maximum Gasteiger partial charge on any atom is 0.127 e. The molecule has 0 heterocycles. The number of rotatable bonds is 2. The first kappa shape index (κ1) is 13.8. The van der Waals surface area contributed by atoms with Crippen LogP contribution in [0.4, 0.5) is 0 Å². The third-order valence-electron chi connectivity index (χ3n) is 3.50. The van der Waals surface area contributed by atoms with E-state index in [-0.39, 0.29) is 23.0 Å². The molecule has 110 valence electrons. The molecule has 22 heavy (non-hydrogen) atoms. The lowest BCUT2D eigenvalue weighted by Gasteiger charge is -2.10. The van der Waals surface area contributed by atoms with Crippen molar-refractivity contribution in [3.8, 4) is 45.3 Å². The van der Waals surface area contributed by atoms with Crippen molar-refractivity contribution in [1.82, 2.24) is 0 Å². The summed E-state index contributed by atoms with van der Waals surface area (Å²) in [5.41, 5.74) is 1.95. The maximum atomic E-state index is 9.88. The average molecular weight is 294 g/mol. The van der Waals surface area contributed by atoms with Gasteiger partial charge in [-0.05, 0) is 35.4 Å². The Morgan fingerprint density at radius 2 is 0.682 bits per heavy atom. The molecule has 3 rings (SSSR count). The van der Waals surface area contributed by atoms with Crippen molar-refractivity contribution in [3.05, 3.63) is 60.7 Å². The van der Waals surface area contributed by atoms with Crippen molar-refractivity contribution in [2.75, 3.05) is 0 Å². The molecular formula is C18H14O4. The molecule has 0 fully saturated rings. The normalized spacial score (nSPS) is 10.5. The molecule has 0 bridgehead atoms. The second kappa shape index (κ2) is 5.33. The van der Waals surface area contributed by atoms with Gasteiger partial charge >= 0.3 is 0 Å². The molecule has 0 aromatic heterocycles. The fourth-order valence-electron chi connectivity index (χ4n) is 2.45. The molecule has 3 aromatic carbocycles. The van der Waals surface area contributed by atoms with Crippen LogP contribution < -0.4 is 0 Å². The van der Waals surface area contributed by atoms with Crippen LogP contribution in [-0.2, 0) is 0 Å². The maximum absolute atomic E-state index is 9.88. The minimum Gasteiger partial charge on any atom is -0.507 e. The first-order valence-electron chi connectivity index (χ1n) is 6.70. The van der Waals surface area contributed by atoms with Crippen LogP contribution in [0.5, 0.6) is 23.0 Å². The van der Waals surface area contributed by atoms with Gasteiger partial charge < -0.3 is 20.4 Å². The van der Waals surface area contributed by atoms with E-state index >= 15 is 0 Å². The second-order valence-corrected chi connectivity index (χ2v) is 4.92. The lowest BCUT2D eigenvalue weighted by atomic mass is 9.98. The zero-order valence-electron chi connectivity index (χ0n) is 11.6. The summed E-state index contributed by atoms with van der Waals surface area (Å²) in [6, 6.07) is 15.9. The van der Waals surface area contributed by atoms with Crippen LogP contribution >= 0.6 is 0 Å². The standard InChI is InChI=1S/C18H14O4/c19-13-3-1-4-14(20)17(13)11-7-9-12(10-8-11)18-15(21)5-2-6-16(18)22/h1-10,19-22H. The first-order chi connectivity index (χ1) is 10.6. The summed E-state index contributed by atoms with van der Waals surface area (Å²) < 4.78 is 0. The van der Waals surface area contributed by atoms with E-state index in [0.29, 0.717) is 22.3 Å². The Kier molecular flexibility index (Phi) is 3.35. The highest BCUT2D eigenvalue weighted by Crippen LogP contribution is 2.40. The molecule has 4 heteroatoms. The topological polar surface area (TPSA) is 80.9 Å². The van der Waals surface area contributed by atoms with E-state index in [2.05, 4.69) is 0 Å². The molecule has 4 nitrogen and oxygen atoms in total. The molecule has 0 unspecified atom stereocenters.